The molecule has 0 radical (unpaired) electrons. The normalized spacial score (nSPS) is 49.0. The van der Waals surface area contributed by atoms with Gasteiger partial charge in [0.25, 0.3) is 0 Å². The van der Waals surface area contributed by atoms with Crippen molar-refractivity contribution in [3.05, 3.63) is 0 Å². The molecule has 15 N–H and O–H groups in total. The maximum absolute atomic E-state index is 11.0. The van der Waals surface area contributed by atoms with Gasteiger partial charge in [-0.05, 0) is 0 Å². The highest BCUT2D eigenvalue weighted by atomic mass is 16.8. The Kier molecular flexibility index (Phi) is 15.4. The molecule has 0 aromatic carbocycles. The van der Waals surface area contributed by atoms with E-state index in [9.17, 15) is 76.6 Å². The summed E-state index contributed by atoms with van der Waals surface area (Å²) in [4.78, 5) is 0. The number of hydrogen-bond acceptors (Lipinski definition) is 23. The molecule has 0 aromatic rings. The fourth-order valence-electron chi connectivity index (χ4n) is 5.98. The van der Waals surface area contributed by atoms with Crippen LogP contribution in [0, 0.1) is 0 Å². The lowest BCUT2D eigenvalue weighted by Crippen LogP contribution is -2.67. The number of aliphatic hydroxyl groups is 15. The van der Waals surface area contributed by atoms with Gasteiger partial charge in [-0.15, -0.1) is 0 Å². The molecule has 294 valence electrons. The summed E-state index contributed by atoms with van der Waals surface area (Å²) in [5.41, 5.74) is 0. The van der Waals surface area contributed by atoms with Gasteiger partial charge in [-0.1, -0.05) is 0 Å². The van der Waals surface area contributed by atoms with E-state index in [1.807, 2.05) is 0 Å². The van der Waals surface area contributed by atoms with Crippen LogP contribution in [0.3, 0.4) is 0 Å². The van der Waals surface area contributed by atoms with Gasteiger partial charge in [0.2, 0.25) is 0 Å². The highest BCUT2D eigenvalue weighted by Gasteiger charge is 2.55. The van der Waals surface area contributed by atoms with Crippen molar-refractivity contribution in [3.63, 3.8) is 0 Å². The van der Waals surface area contributed by atoms with Crippen molar-refractivity contribution < 1.29 is 114 Å². The van der Waals surface area contributed by atoms with Crippen LogP contribution in [-0.2, 0) is 37.9 Å². The first-order valence-corrected chi connectivity index (χ1v) is 15.8. The maximum atomic E-state index is 11.0. The molecule has 4 fully saturated rings. The van der Waals surface area contributed by atoms with E-state index in [4.69, 9.17) is 37.9 Å². The molecule has 0 aromatic heterocycles. The summed E-state index contributed by atoms with van der Waals surface area (Å²) < 4.78 is 43.6. The Morgan fingerprint density at radius 2 is 0.660 bits per heavy atom. The van der Waals surface area contributed by atoms with Crippen LogP contribution in [0.2, 0.25) is 0 Å². The molecule has 20 atom stereocenters. The summed E-state index contributed by atoms with van der Waals surface area (Å²) in [7, 11) is 0. The van der Waals surface area contributed by atoms with Gasteiger partial charge in [0.05, 0.1) is 39.6 Å². The van der Waals surface area contributed by atoms with Gasteiger partial charge in [-0.3, -0.25) is 0 Å². The van der Waals surface area contributed by atoms with Crippen molar-refractivity contribution in [3.8, 4) is 0 Å². The van der Waals surface area contributed by atoms with Gasteiger partial charge in [0.1, 0.15) is 104 Å². The fraction of sp³-hybridized carbons (Fsp3) is 1.00. The first kappa shape index (κ1) is 41.8. The summed E-state index contributed by atoms with van der Waals surface area (Å²) in [6.07, 6.45) is -36.8. The summed E-state index contributed by atoms with van der Waals surface area (Å²) >= 11 is 0. The molecular weight excluding hydrogens is 692 g/mol. The minimum Gasteiger partial charge on any atom is -0.394 e. The Labute approximate surface area is 283 Å². The van der Waals surface area contributed by atoms with Crippen molar-refractivity contribution in [1.29, 1.82) is 0 Å². The predicted molar refractivity (Wildman–Crippen MR) is 151 cm³/mol. The Balaban J connectivity index is 1.42. The van der Waals surface area contributed by atoms with E-state index in [-0.39, 0.29) is 0 Å². The summed E-state index contributed by atoms with van der Waals surface area (Å²) in [6, 6.07) is 0. The summed E-state index contributed by atoms with van der Waals surface area (Å²) in [5, 5.41) is 153. The van der Waals surface area contributed by atoms with Gasteiger partial charge in [0.15, 0.2) is 25.2 Å². The number of ether oxygens (including phenoxy) is 8. The third-order valence-corrected chi connectivity index (χ3v) is 8.92. The van der Waals surface area contributed by atoms with Crippen molar-refractivity contribution in [2.24, 2.45) is 0 Å². The average Bonchev–Trinajstić information content (AvgIpc) is 3.12. The summed E-state index contributed by atoms with van der Waals surface area (Å²) in [5.74, 6) is 0. The topological polar surface area (TPSA) is 377 Å². The summed E-state index contributed by atoms with van der Waals surface area (Å²) in [6.45, 7) is -4.82. The number of aliphatic hydroxyl groups excluding tert-OH is 15. The fourth-order valence-corrected chi connectivity index (χ4v) is 5.98. The lowest BCUT2D eigenvalue weighted by molar-refractivity contribution is -0.389. The molecule has 0 saturated carbocycles. The Hall–Kier alpha value is -0.920. The van der Waals surface area contributed by atoms with Crippen LogP contribution in [0.25, 0.3) is 0 Å². The monoisotopic (exact) mass is 740 g/mol. The van der Waals surface area contributed by atoms with Crippen LogP contribution < -0.4 is 0 Å². The molecule has 0 amide bonds. The van der Waals surface area contributed by atoms with E-state index in [2.05, 4.69) is 0 Å². The molecule has 0 bridgehead atoms. The predicted octanol–water partition coefficient (Wildman–Crippen LogP) is -10.4. The molecule has 0 unspecified atom stereocenters. The van der Waals surface area contributed by atoms with E-state index in [0.29, 0.717) is 0 Å². The highest BCUT2D eigenvalue weighted by molar-refractivity contribution is 4.98. The zero-order chi connectivity index (χ0) is 37.0. The SMILES string of the molecule is OCC(CO)O[C@H]1O[C@H](CO)[C@@H](O[C@H]2O[C@H](CO)[C@@H](O[C@H]3O[C@H](CO)[C@@H](O[C@H]4O[C@H](CO)[C@@H](O)[C@H](O)[C@H]4O)[C@H](O)[C@H]3O)[C@H](O)[C@H]2O)[C@H](O)[C@H]1O. The van der Waals surface area contributed by atoms with Crippen LogP contribution in [0.1, 0.15) is 0 Å². The number of rotatable bonds is 14. The zero-order valence-corrected chi connectivity index (χ0v) is 26.3. The molecule has 0 spiro atoms. The van der Waals surface area contributed by atoms with Gasteiger partial charge >= 0.3 is 0 Å². The molecule has 4 heterocycles. The molecule has 50 heavy (non-hydrogen) atoms. The Morgan fingerprint density at radius 3 is 1.00 bits per heavy atom. The quantitative estimate of drug-likeness (QED) is 0.0786. The lowest BCUT2D eigenvalue weighted by Gasteiger charge is -2.49. The Bertz CT molecular complexity index is 1000. The maximum Gasteiger partial charge on any atom is 0.187 e. The van der Waals surface area contributed by atoms with Crippen LogP contribution in [0.5, 0.6) is 0 Å². The second kappa shape index (κ2) is 18.4. The van der Waals surface area contributed by atoms with E-state index in [1.165, 1.54) is 0 Å². The van der Waals surface area contributed by atoms with Crippen LogP contribution in [0.4, 0.5) is 0 Å². The lowest BCUT2D eigenvalue weighted by atomic mass is 9.95. The largest absolute Gasteiger partial charge is 0.394 e. The third kappa shape index (κ3) is 8.72. The molecule has 23 nitrogen and oxygen atoms in total. The van der Waals surface area contributed by atoms with Gasteiger partial charge in [-0.2, -0.15) is 0 Å². The molecule has 23 heteroatoms. The van der Waals surface area contributed by atoms with Gasteiger partial charge in [0, 0.05) is 0 Å². The van der Waals surface area contributed by atoms with Crippen molar-refractivity contribution >= 4 is 0 Å². The smallest absolute Gasteiger partial charge is 0.187 e. The van der Waals surface area contributed by atoms with Crippen LogP contribution >= 0.6 is 0 Å². The van der Waals surface area contributed by atoms with Crippen molar-refractivity contribution in [1.82, 2.24) is 0 Å². The number of hydrogen-bond donors (Lipinski definition) is 15. The minimum absolute atomic E-state index is 0.673. The van der Waals surface area contributed by atoms with Crippen molar-refractivity contribution in [2.45, 2.75) is 129 Å². The van der Waals surface area contributed by atoms with E-state index >= 15 is 0 Å². The second-order valence-electron chi connectivity index (χ2n) is 12.2. The van der Waals surface area contributed by atoms with E-state index in [1.54, 1.807) is 0 Å². The van der Waals surface area contributed by atoms with Gasteiger partial charge in [-0.25, -0.2) is 0 Å². The molecule has 4 rings (SSSR count). The first-order chi connectivity index (χ1) is 23.8. The van der Waals surface area contributed by atoms with E-state index in [0.717, 1.165) is 0 Å². The van der Waals surface area contributed by atoms with Gasteiger partial charge < -0.3 is 114 Å². The highest BCUT2D eigenvalue weighted by Crippen LogP contribution is 2.34. The van der Waals surface area contributed by atoms with Crippen molar-refractivity contribution in [2.75, 3.05) is 39.6 Å². The zero-order valence-electron chi connectivity index (χ0n) is 26.3. The van der Waals surface area contributed by atoms with Crippen LogP contribution in [-0.4, -0.2) is 245 Å². The first-order valence-electron chi connectivity index (χ1n) is 15.8. The third-order valence-electron chi connectivity index (χ3n) is 8.92. The molecular formula is C27H48O23. The average molecular weight is 741 g/mol. The molecule has 4 aliphatic heterocycles. The van der Waals surface area contributed by atoms with Crippen LogP contribution in [0.15, 0.2) is 0 Å². The van der Waals surface area contributed by atoms with E-state index < -0.39 is 169 Å². The molecule has 4 saturated heterocycles. The second-order valence-corrected chi connectivity index (χ2v) is 12.2. The Morgan fingerprint density at radius 1 is 0.360 bits per heavy atom. The molecule has 4 aliphatic rings. The molecule has 0 aliphatic carbocycles. The standard InChI is InChI=1S/C27H48O23/c28-1-7(2-29)43-24-18(40)14(36)21(9(4-31)45-24)49-26-20(42)16(38)23(11(6-33)47-26)50-27-19(41)15(37)22(10(5-32)46-27)48-25-17(39)13(35)12(34)8(3-30)44-25/h7-42H,1-6H2/t8-,9-,10-,11-,12-,13+,14-,15-,16-,17-,18-,19-,20-,21-,22-,23-,24+,25-,26-,27-/m1/s1. The minimum atomic E-state index is -2.05.